The van der Waals surface area contributed by atoms with Crippen molar-refractivity contribution < 1.29 is 18.0 Å². The number of benzene rings is 3. The van der Waals surface area contributed by atoms with Gasteiger partial charge in [0.15, 0.2) is 12.0 Å². The Kier molecular flexibility index (Phi) is 7.34. The summed E-state index contributed by atoms with van der Waals surface area (Å²) in [6, 6.07) is 13.9. The minimum atomic E-state index is -1.70. The van der Waals surface area contributed by atoms with Crippen LogP contribution in [0.1, 0.15) is 44.2 Å². The molecular formula is C30H26Cl2F2N4O2. The van der Waals surface area contributed by atoms with Crippen LogP contribution in [0.15, 0.2) is 65.4 Å². The number of hydrogen-bond donors (Lipinski definition) is 2. The monoisotopic (exact) mass is 582 g/mol. The summed E-state index contributed by atoms with van der Waals surface area (Å²) >= 11 is 12.3. The maximum Gasteiger partial charge on any atom is 0.242 e. The van der Waals surface area contributed by atoms with E-state index in [1.54, 1.807) is 24.3 Å². The van der Waals surface area contributed by atoms with Crippen LogP contribution >= 0.6 is 23.2 Å². The molecule has 1 saturated heterocycles. The molecule has 0 spiro atoms. The van der Waals surface area contributed by atoms with E-state index in [-0.39, 0.29) is 26.6 Å². The van der Waals surface area contributed by atoms with Crippen molar-refractivity contribution in [2.75, 3.05) is 5.32 Å². The van der Waals surface area contributed by atoms with E-state index in [9.17, 15) is 10.1 Å². The molecule has 1 aliphatic rings. The zero-order valence-corrected chi connectivity index (χ0v) is 23.4. The summed E-state index contributed by atoms with van der Waals surface area (Å²) in [6.07, 6.45) is 1.67. The maximum atomic E-state index is 15.7. The number of nitriles is 1. The van der Waals surface area contributed by atoms with Gasteiger partial charge >= 0.3 is 0 Å². The lowest BCUT2D eigenvalue weighted by molar-refractivity contribution is -0.118. The van der Waals surface area contributed by atoms with Crippen LogP contribution in [0.2, 0.25) is 10.0 Å². The van der Waals surface area contributed by atoms with Gasteiger partial charge in [-0.05, 0) is 53.8 Å². The molecule has 1 aromatic heterocycles. The number of nitrogens with one attached hydrogen (secondary N) is 2. The van der Waals surface area contributed by atoms with E-state index >= 15 is 8.78 Å². The summed E-state index contributed by atoms with van der Waals surface area (Å²) in [4.78, 5) is 18.1. The molecule has 10 heteroatoms. The first kappa shape index (κ1) is 28.0. The minimum absolute atomic E-state index is 0.0184. The van der Waals surface area contributed by atoms with Gasteiger partial charge in [-0.25, -0.2) is 13.8 Å². The van der Waals surface area contributed by atoms with Gasteiger partial charge in [0, 0.05) is 28.2 Å². The number of aromatic nitrogens is 1. The molecule has 1 aliphatic heterocycles. The highest BCUT2D eigenvalue weighted by Gasteiger charge is 2.61. The molecule has 6 nitrogen and oxygen atoms in total. The Balaban J connectivity index is 1.70. The zero-order valence-electron chi connectivity index (χ0n) is 21.9. The molecule has 0 unspecified atom stereocenters. The molecule has 0 saturated carbocycles. The number of nitrogens with zero attached hydrogens (tertiary/aromatic N) is 2. The van der Waals surface area contributed by atoms with Crippen molar-refractivity contribution in [2.45, 2.75) is 50.6 Å². The average molecular weight is 583 g/mol. The van der Waals surface area contributed by atoms with Crippen LogP contribution in [-0.4, -0.2) is 23.0 Å². The second kappa shape index (κ2) is 10.5. The Bertz CT molecular complexity index is 1640. The average Bonchev–Trinajstić information content (AvgIpc) is 3.47. The Morgan fingerprint density at radius 2 is 1.95 bits per heavy atom. The first-order valence-corrected chi connectivity index (χ1v) is 13.4. The van der Waals surface area contributed by atoms with Gasteiger partial charge in [-0.15, -0.1) is 0 Å². The van der Waals surface area contributed by atoms with Crippen molar-refractivity contribution in [1.82, 2.24) is 10.3 Å². The lowest BCUT2D eigenvalue weighted by Crippen LogP contribution is -2.45. The molecule has 1 amide bonds. The third-order valence-corrected chi connectivity index (χ3v) is 7.86. The highest BCUT2D eigenvalue weighted by Crippen LogP contribution is 2.52. The van der Waals surface area contributed by atoms with Crippen LogP contribution < -0.4 is 10.6 Å². The molecule has 0 aliphatic carbocycles. The maximum absolute atomic E-state index is 15.7. The Morgan fingerprint density at radius 1 is 1.18 bits per heavy atom. The lowest BCUT2D eigenvalue weighted by atomic mass is 9.62. The standard InChI is InChI=1S/C30H26Cl2F2N4O2/c1-29(2,3)13-24-30(14-35,19-9-7-16(31)11-21(19)33)25(18-5-4-6-20(32)26(18)34)27(38-24)28(39)37-17-8-10-23-22(12-17)36-15-40-23/h4-12,15,24-25,27,38H,13H2,1-3H3,(H,37,39)/t24-,25-,27+,30-/m0/s1. The number of rotatable bonds is 5. The number of halogens is 4. The van der Waals surface area contributed by atoms with E-state index in [1.165, 1.54) is 30.7 Å². The number of oxazole rings is 1. The zero-order chi connectivity index (χ0) is 28.8. The molecule has 4 atom stereocenters. The second-order valence-electron chi connectivity index (χ2n) is 11.2. The van der Waals surface area contributed by atoms with Gasteiger partial charge in [-0.3, -0.25) is 4.79 Å². The molecule has 5 rings (SSSR count). The summed E-state index contributed by atoms with van der Waals surface area (Å²) in [6.45, 7) is 5.93. The fourth-order valence-corrected chi connectivity index (χ4v) is 6.05. The van der Waals surface area contributed by atoms with Gasteiger partial charge in [-0.2, -0.15) is 5.26 Å². The fraction of sp³-hybridized carbons (Fsp3) is 0.300. The second-order valence-corrected chi connectivity index (χ2v) is 12.1. The van der Waals surface area contributed by atoms with Gasteiger partial charge in [0.05, 0.1) is 17.1 Å². The van der Waals surface area contributed by atoms with Crippen molar-refractivity contribution >= 4 is 45.9 Å². The quantitative estimate of drug-likeness (QED) is 0.256. The molecule has 1 fully saturated rings. The number of hydrogen-bond acceptors (Lipinski definition) is 5. The van der Waals surface area contributed by atoms with Crippen LogP contribution in [0.4, 0.5) is 14.5 Å². The normalized spacial score (nSPS) is 22.8. The van der Waals surface area contributed by atoms with Gasteiger partial charge in [-0.1, -0.05) is 62.2 Å². The molecule has 0 radical (unpaired) electrons. The van der Waals surface area contributed by atoms with Crippen molar-refractivity contribution in [2.24, 2.45) is 5.41 Å². The molecule has 2 N–H and O–H groups in total. The van der Waals surface area contributed by atoms with Crippen molar-refractivity contribution in [3.63, 3.8) is 0 Å². The number of fused-ring (bicyclic) bond motifs is 1. The van der Waals surface area contributed by atoms with Crippen molar-refractivity contribution in [3.8, 4) is 6.07 Å². The van der Waals surface area contributed by atoms with E-state index in [1.807, 2.05) is 20.8 Å². The third kappa shape index (κ3) is 4.94. The van der Waals surface area contributed by atoms with Gasteiger partial charge in [0.1, 0.15) is 22.6 Å². The Hall–Kier alpha value is -3.51. The van der Waals surface area contributed by atoms with E-state index in [4.69, 9.17) is 27.6 Å². The number of anilines is 1. The highest BCUT2D eigenvalue weighted by atomic mass is 35.5. The minimum Gasteiger partial charge on any atom is -0.443 e. The number of carbonyl (C=O) groups is 1. The molecule has 40 heavy (non-hydrogen) atoms. The van der Waals surface area contributed by atoms with E-state index in [2.05, 4.69) is 21.7 Å². The molecular weight excluding hydrogens is 557 g/mol. The first-order valence-electron chi connectivity index (χ1n) is 12.7. The summed E-state index contributed by atoms with van der Waals surface area (Å²) in [5.74, 6) is -3.18. The van der Waals surface area contributed by atoms with Crippen molar-refractivity contribution in [1.29, 1.82) is 5.26 Å². The fourth-order valence-electron chi connectivity index (χ4n) is 5.71. The lowest BCUT2D eigenvalue weighted by Gasteiger charge is -2.37. The molecule has 0 bridgehead atoms. The van der Waals surface area contributed by atoms with Crippen LogP contribution in [0.5, 0.6) is 0 Å². The van der Waals surface area contributed by atoms with Gasteiger partial charge < -0.3 is 15.1 Å². The molecule has 4 aromatic rings. The van der Waals surface area contributed by atoms with Crippen molar-refractivity contribution in [3.05, 3.63) is 93.8 Å². The number of amides is 1. The molecule has 3 aromatic carbocycles. The molecule has 206 valence electrons. The summed E-state index contributed by atoms with van der Waals surface area (Å²) in [5.41, 5.74) is -0.491. The molecule has 2 heterocycles. The smallest absolute Gasteiger partial charge is 0.242 e. The van der Waals surface area contributed by atoms with E-state index < -0.39 is 41.0 Å². The van der Waals surface area contributed by atoms with Crippen LogP contribution in [0.3, 0.4) is 0 Å². The first-order chi connectivity index (χ1) is 18.9. The van der Waals surface area contributed by atoms with Crippen LogP contribution in [-0.2, 0) is 10.2 Å². The summed E-state index contributed by atoms with van der Waals surface area (Å²) in [7, 11) is 0. The number of carbonyl (C=O) groups excluding carboxylic acids is 1. The largest absolute Gasteiger partial charge is 0.443 e. The highest BCUT2D eigenvalue weighted by molar-refractivity contribution is 6.31. The van der Waals surface area contributed by atoms with E-state index in [0.29, 0.717) is 23.2 Å². The van der Waals surface area contributed by atoms with Crippen LogP contribution in [0.25, 0.3) is 11.1 Å². The predicted octanol–water partition coefficient (Wildman–Crippen LogP) is 7.37. The van der Waals surface area contributed by atoms with Gasteiger partial charge in [0.2, 0.25) is 5.91 Å². The van der Waals surface area contributed by atoms with E-state index in [0.717, 1.165) is 6.07 Å². The summed E-state index contributed by atoms with van der Waals surface area (Å²) in [5, 5.41) is 17.0. The third-order valence-electron chi connectivity index (χ3n) is 7.33. The predicted molar refractivity (Wildman–Crippen MR) is 150 cm³/mol. The Labute approximate surface area is 240 Å². The SMILES string of the molecule is CC(C)(C)C[C@@H]1N[C@@H](C(=O)Nc2ccc3ocnc3c2)[C@H](c2cccc(Cl)c2F)[C@@]1(C#N)c1ccc(Cl)cc1F. The Morgan fingerprint density at radius 3 is 2.65 bits per heavy atom. The topological polar surface area (TPSA) is 90.9 Å². The summed E-state index contributed by atoms with van der Waals surface area (Å²) < 4.78 is 36.7. The van der Waals surface area contributed by atoms with Gasteiger partial charge in [0.25, 0.3) is 0 Å². The van der Waals surface area contributed by atoms with Crippen LogP contribution in [0, 0.1) is 28.4 Å².